The molecular weight excluding hydrogens is 174 g/mol. The summed E-state index contributed by atoms with van der Waals surface area (Å²) < 4.78 is 5.29. The van der Waals surface area contributed by atoms with Crippen molar-refractivity contribution in [1.82, 2.24) is 5.32 Å². The number of hydrogen-bond donors (Lipinski definition) is 1. The van der Waals surface area contributed by atoms with Crippen molar-refractivity contribution in [3.8, 4) is 0 Å². The van der Waals surface area contributed by atoms with Crippen molar-refractivity contribution in [2.24, 2.45) is 0 Å². The van der Waals surface area contributed by atoms with Gasteiger partial charge in [-0.1, -0.05) is 25.8 Å². The van der Waals surface area contributed by atoms with Crippen LogP contribution in [0.5, 0.6) is 0 Å². The van der Waals surface area contributed by atoms with E-state index >= 15 is 0 Å². The fourth-order valence-electron chi connectivity index (χ4n) is 1.28. The van der Waals surface area contributed by atoms with Gasteiger partial charge >= 0.3 is 0 Å². The lowest BCUT2D eigenvalue weighted by Crippen LogP contribution is -2.15. The third kappa shape index (κ3) is 11.7. The van der Waals surface area contributed by atoms with Gasteiger partial charge in [-0.05, 0) is 32.4 Å². The van der Waals surface area contributed by atoms with Gasteiger partial charge in [0.15, 0.2) is 0 Å². The summed E-state index contributed by atoms with van der Waals surface area (Å²) in [4.78, 5) is 0. The molecule has 0 saturated heterocycles. The summed E-state index contributed by atoms with van der Waals surface area (Å²) in [6.07, 6.45) is 8.10. The second kappa shape index (κ2) is 12.7. The summed E-state index contributed by atoms with van der Waals surface area (Å²) in [5.41, 5.74) is 0. The maximum atomic E-state index is 5.29. The van der Waals surface area contributed by atoms with Gasteiger partial charge in [0.05, 0.1) is 6.61 Å². The van der Waals surface area contributed by atoms with E-state index < -0.39 is 0 Å². The summed E-state index contributed by atoms with van der Waals surface area (Å²) in [5, 5.41) is 3.40. The molecule has 0 aromatic rings. The third-order valence-corrected chi connectivity index (χ3v) is 2.05. The molecule has 2 heteroatoms. The highest BCUT2D eigenvalue weighted by Gasteiger charge is 1.90. The Balaban J connectivity index is 2.81. The lowest BCUT2D eigenvalue weighted by Gasteiger charge is -2.03. The van der Waals surface area contributed by atoms with E-state index in [4.69, 9.17) is 4.74 Å². The maximum Gasteiger partial charge on any atom is 0.0644 e. The Kier molecular flexibility index (Phi) is 12.4. The monoisotopic (exact) mass is 199 g/mol. The van der Waals surface area contributed by atoms with E-state index in [-0.39, 0.29) is 0 Å². The largest absolute Gasteiger partial charge is 0.377 e. The molecule has 0 aromatic carbocycles. The van der Waals surface area contributed by atoms with E-state index in [2.05, 4.69) is 18.8 Å². The van der Waals surface area contributed by atoms with E-state index in [0.29, 0.717) is 6.61 Å². The van der Waals surface area contributed by atoms with Gasteiger partial charge in [-0.15, -0.1) is 6.58 Å². The van der Waals surface area contributed by atoms with Gasteiger partial charge in [-0.3, -0.25) is 0 Å². The van der Waals surface area contributed by atoms with E-state index in [1.165, 1.54) is 38.6 Å². The lowest BCUT2D eigenvalue weighted by molar-refractivity contribution is 0.157. The molecule has 0 amide bonds. The van der Waals surface area contributed by atoms with Crippen molar-refractivity contribution in [2.75, 3.05) is 26.3 Å². The molecule has 0 unspecified atom stereocenters. The molecule has 0 aliphatic rings. The van der Waals surface area contributed by atoms with Crippen molar-refractivity contribution in [1.29, 1.82) is 0 Å². The fourth-order valence-corrected chi connectivity index (χ4v) is 1.28. The molecule has 0 aliphatic carbocycles. The summed E-state index contributed by atoms with van der Waals surface area (Å²) in [6, 6.07) is 0. The summed E-state index contributed by atoms with van der Waals surface area (Å²) in [7, 11) is 0. The first-order valence-electron chi connectivity index (χ1n) is 5.81. The van der Waals surface area contributed by atoms with Gasteiger partial charge in [0.2, 0.25) is 0 Å². The smallest absolute Gasteiger partial charge is 0.0644 e. The Hall–Kier alpha value is -0.340. The SMILES string of the molecule is C=CCOCCCCCCNCCC. The van der Waals surface area contributed by atoms with E-state index in [9.17, 15) is 0 Å². The van der Waals surface area contributed by atoms with E-state index in [0.717, 1.165) is 13.2 Å². The van der Waals surface area contributed by atoms with Crippen LogP contribution in [0.25, 0.3) is 0 Å². The Morgan fingerprint density at radius 3 is 2.64 bits per heavy atom. The van der Waals surface area contributed by atoms with Crippen LogP contribution in [-0.4, -0.2) is 26.3 Å². The van der Waals surface area contributed by atoms with Crippen LogP contribution in [0.2, 0.25) is 0 Å². The van der Waals surface area contributed by atoms with Gasteiger partial charge in [0.1, 0.15) is 0 Å². The molecule has 0 bridgehead atoms. The van der Waals surface area contributed by atoms with Gasteiger partial charge in [0.25, 0.3) is 0 Å². The van der Waals surface area contributed by atoms with Crippen LogP contribution in [0.3, 0.4) is 0 Å². The third-order valence-electron chi connectivity index (χ3n) is 2.05. The number of ether oxygens (including phenoxy) is 1. The molecule has 14 heavy (non-hydrogen) atoms. The molecule has 0 aliphatic heterocycles. The van der Waals surface area contributed by atoms with Crippen LogP contribution in [-0.2, 0) is 4.74 Å². The van der Waals surface area contributed by atoms with Crippen LogP contribution in [0.15, 0.2) is 12.7 Å². The Bertz CT molecular complexity index is 115. The normalized spacial score (nSPS) is 10.4. The molecule has 2 nitrogen and oxygen atoms in total. The lowest BCUT2D eigenvalue weighted by atomic mass is 10.2. The number of nitrogens with one attached hydrogen (secondary N) is 1. The van der Waals surface area contributed by atoms with Crippen molar-refractivity contribution in [3.05, 3.63) is 12.7 Å². The minimum atomic E-state index is 0.693. The van der Waals surface area contributed by atoms with Crippen molar-refractivity contribution in [2.45, 2.75) is 39.0 Å². The van der Waals surface area contributed by atoms with Crippen LogP contribution in [0.4, 0.5) is 0 Å². The zero-order valence-corrected chi connectivity index (χ0v) is 9.56. The van der Waals surface area contributed by atoms with Crippen LogP contribution in [0.1, 0.15) is 39.0 Å². The second-order valence-electron chi connectivity index (χ2n) is 3.53. The number of hydrogen-bond acceptors (Lipinski definition) is 2. The molecule has 0 spiro atoms. The second-order valence-corrected chi connectivity index (χ2v) is 3.53. The summed E-state index contributed by atoms with van der Waals surface area (Å²) >= 11 is 0. The zero-order valence-electron chi connectivity index (χ0n) is 9.56. The quantitative estimate of drug-likeness (QED) is 0.408. The molecule has 0 radical (unpaired) electrons. The first kappa shape index (κ1) is 13.7. The predicted octanol–water partition coefficient (Wildman–Crippen LogP) is 2.75. The van der Waals surface area contributed by atoms with Gasteiger partial charge < -0.3 is 10.1 Å². The fraction of sp³-hybridized carbons (Fsp3) is 0.833. The molecule has 0 saturated carbocycles. The molecule has 0 aromatic heterocycles. The number of rotatable bonds is 11. The molecule has 0 atom stereocenters. The highest BCUT2D eigenvalue weighted by atomic mass is 16.5. The predicted molar refractivity (Wildman–Crippen MR) is 62.6 cm³/mol. The first-order chi connectivity index (χ1) is 6.91. The van der Waals surface area contributed by atoms with E-state index in [1.54, 1.807) is 6.08 Å². The minimum absolute atomic E-state index is 0.693. The van der Waals surface area contributed by atoms with Gasteiger partial charge in [-0.25, -0.2) is 0 Å². The molecule has 84 valence electrons. The highest BCUT2D eigenvalue weighted by molar-refractivity contribution is 4.63. The zero-order chi connectivity index (χ0) is 10.5. The maximum absolute atomic E-state index is 5.29. The molecular formula is C12H25NO. The van der Waals surface area contributed by atoms with Crippen LogP contribution in [0, 0.1) is 0 Å². The first-order valence-corrected chi connectivity index (χ1v) is 5.81. The molecule has 0 heterocycles. The van der Waals surface area contributed by atoms with Crippen LogP contribution < -0.4 is 5.32 Å². The van der Waals surface area contributed by atoms with Crippen LogP contribution >= 0.6 is 0 Å². The Morgan fingerprint density at radius 2 is 1.93 bits per heavy atom. The average Bonchev–Trinajstić information content (AvgIpc) is 2.21. The summed E-state index contributed by atoms with van der Waals surface area (Å²) in [5.74, 6) is 0. The Labute approximate surface area is 88.7 Å². The highest BCUT2D eigenvalue weighted by Crippen LogP contribution is 1.99. The topological polar surface area (TPSA) is 21.3 Å². The number of unbranched alkanes of at least 4 members (excludes halogenated alkanes) is 3. The van der Waals surface area contributed by atoms with Gasteiger partial charge in [-0.2, -0.15) is 0 Å². The molecule has 0 rings (SSSR count). The minimum Gasteiger partial charge on any atom is -0.377 e. The Morgan fingerprint density at radius 1 is 1.14 bits per heavy atom. The van der Waals surface area contributed by atoms with Crippen molar-refractivity contribution < 1.29 is 4.74 Å². The molecule has 0 fully saturated rings. The van der Waals surface area contributed by atoms with Crippen molar-refractivity contribution >= 4 is 0 Å². The van der Waals surface area contributed by atoms with Crippen molar-refractivity contribution in [3.63, 3.8) is 0 Å². The summed E-state index contributed by atoms with van der Waals surface area (Å²) in [6.45, 7) is 9.70. The van der Waals surface area contributed by atoms with Gasteiger partial charge in [0, 0.05) is 6.61 Å². The standard InChI is InChI=1S/C12H25NO/c1-3-9-13-10-7-5-6-8-12-14-11-4-2/h4,13H,2-3,5-12H2,1H3. The molecule has 1 N–H and O–H groups in total. The average molecular weight is 199 g/mol. The van der Waals surface area contributed by atoms with E-state index in [1.807, 2.05) is 0 Å².